The molecule has 2 atom stereocenters. The maximum absolute atomic E-state index is 5.66. The molecule has 1 fully saturated rings. The van der Waals surface area contributed by atoms with E-state index in [9.17, 15) is 0 Å². The third kappa shape index (κ3) is 7.89. The van der Waals surface area contributed by atoms with Gasteiger partial charge in [0.25, 0.3) is 0 Å². The number of methoxy groups -OCH3 is 1. The highest BCUT2D eigenvalue weighted by atomic mass is 16.5. The average Bonchev–Trinajstić information content (AvgIpc) is 2.63. The fraction of sp³-hybridized carbons (Fsp3) is 1.00. The van der Waals surface area contributed by atoms with E-state index in [1.807, 2.05) is 7.11 Å². The minimum Gasteiger partial charge on any atom is -0.379 e. The van der Waals surface area contributed by atoms with Crippen LogP contribution in [0.3, 0.4) is 0 Å². The number of likely N-dealkylation sites (tertiary alicyclic amines) is 1. The van der Waals surface area contributed by atoms with Crippen LogP contribution in [0.1, 0.15) is 112 Å². The molecule has 0 N–H and O–H groups in total. The summed E-state index contributed by atoms with van der Waals surface area (Å²) in [7, 11) is 1.84. The van der Waals surface area contributed by atoms with Gasteiger partial charge in [-0.15, -0.1) is 0 Å². The molecule has 1 aliphatic rings. The monoisotopic (exact) mass is 367 g/mol. The summed E-state index contributed by atoms with van der Waals surface area (Å²) < 4.78 is 5.66. The van der Waals surface area contributed by atoms with Crippen LogP contribution in [0, 0.1) is 11.3 Å². The summed E-state index contributed by atoms with van der Waals surface area (Å²) in [5.74, 6) is 0.926. The molecule has 2 unspecified atom stereocenters. The van der Waals surface area contributed by atoms with Crippen LogP contribution in [0.15, 0.2) is 0 Å². The number of unbranched alkanes of at least 4 members (excludes halogenated alkanes) is 4. The van der Waals surface area contributed by atoms with Crippen LogP contribution < -0.4 is 0 Å². The molecule has 0 amide bonds. The number of ether oxygens (including phenoxy) is 1. The molecule has 1 saturated heterocycles. The highest BCUT2D eigenvalue weighted by Gasteiger charge is 2.36. The van der Waals surface area contributed by atoms with Crippen molar-refractivity contribution in [2.75, 3.05) is 20.2 Å². The Morgan fingerprint density at radius 2 is 1.50 bits per heavy atom. The highest BCUT2D eigenvalue weighted by molar-refractivity contribution is 4.89. The molecule has 1 aliphatic heterocycles. The van der Waals surface area contributed by atoms with Crippen molar-refractivity contribution in [2.45, 2.75) is 124 Å². The van der Waals surface area contributed by atoms with Crippen LogP contribution in [0.5, 0.6) is 0 Å². The Balaban J connectivity index is 2.56. The first-order valence-electron chi connectivity index (χ1n) is 11.6. The zero-order valence-corrected chi connectivity index (χ0v) is 19.2. The first-order valence-corrected chi connectivity index (χ1v) is 11.6. The van der Waals surface area contributed by atoms with Gasteiger partial charge in [0.2, 0.25) is 0 Å². The number of rotatable bonds is 13. The summed E-state index contributed by atoms with van der Waals surface area (Å²) in [5, 5.41) is 0. The van der Waals surface area contributed by atoms with Gasteiger partial charge in [-0.3, -0.25) is 0 Å². The summed E-state index contributed by atoms with van der Waals surface area (Å²) in [6.07, 6.45) is 15.2. The Bertz CT molecular complexity index is 359. The first kappa shape index (κ1) is 24.0. The fourth-order valence-electron chi connectivity index (χ4n) is 5.03. The van der Waals surface area contributed by atoms with E-state index in [0.717, 1.165) is 12.3 Å². The van der Waals surface area contributed by atoms with Crippen LogP contribution >= 0.6 is 0 Å². The second kappa shape index (κ2) is 11.7. The van der Waals surface area contributed by atoms with Gasteiger partial charge in [0, 0.05) is 13.2 Å². The first-order chi connectivity index (χ1) is 12.3. The van der Waals surface area contributed by atoms with Crippen LogP contribution in [-0.2, 0) is 4.74 Å². The largest absolute Gasteiger partial charge is 0.379 e. The van der Waals surface area contributed by atoms with Crippen molar-refractivity contribution in [1.29, 1.82) is 0 Å². The molecule has 0 spiro atoms. The predicted molar refractivity (Wildman–Crippen MR) is 116 cm³/mol. The van der Waals surface area contributed by atoms with Gasteiger partial charge in [-0.2, -0.15) is 0 Å². The van der Waals surface area contributed by atoms with E-state index in [2.05, 4.69) is 46.4 Å². The molecule has 1 rings (SSSR count). The van der Waals surface area contributed by atoms with Crippen LogP contribution in [-0.4, -0.2) is 36.7 Å². The lowest BCUT2D eigenvalue weighted by atomic mass is 9.66. The second-order valence-corrected chi connectivity index (χ2v) is 9.90. The van der Waals surface area contributed by atoms with Crippen molar-refractivity contribution in [2.24, 2.45) is 11.3 Å². The molecule has 1 heterocycles. The van der Waals surface area contributed by atoms with Gasteiger partial charge >= 0.3 is 0 Å². The minimum atomic E-state index is -0.00875. The van der Waals surface area contributed by atoms with Crippen LogP contribution in [0.4, 0.5) is 0 Å². The maximum atomic E-state index is 5.66. The van der Waals surface area contributed by atoms with Gasteiger partial charge in [0.1, 0.15) is 0 Å². The average molecular weight is 368 g/mol. The van der Waals surface area contributed by atoms with Gasteiger partial charge in [-0.05, 0) is 77.3 Å². The lowest BCUT2D eigenvalue weighted by Crippen LogP contribution is -2.46. The summed E-state index contributed by atoms with van der Waals surface area (Å²) >= 11 is 0. The Hall–Kier alpha value is -0.0800. The molecule has 0 aromatic rings. The summed E-state index contributed by atoms with van der Waals surface area (Å²) in [5.41, 5.74) is 0.566. The molecule has 0 saturated carbocycles. The van der Waals surface area contributed by atoms with Gasteiger partial charge in [-0.1, -0.05) is 59.3 Å². The number of hydrogen-bond acceptors (Lipinski definition) is 2. The van der Waals surface area contributed by atoms with Gasteiger partial charge < -0.3 is 9.64 Å². The van der Waals surface area contributed by atoms with Gasteiger partial charge in [0.05, 0.1) is 5.60 Å². The summed E-state index contributed by atoms with van der Waals surface area (Å²) in [6.45, 7) is 16.7. The Kier molecular flexibility index (Phi) is 10.8. The van der Waals surface area contributed by atoms with Crippen molar-refractivity contribution < 1.29 is 4.74 Å². The molecule has 0 aliphatic carbocycles. The Labute approximate surface area is 165 Å². The molecule has 0 bridgehead atoms. The van der Waals surface area contributed by atoms with Gasteiger partial charge in [-0.25, -0.2) is 0 Å². The molecule has 2 heteroatoms. The van der Waals surface area contributed by atoms with E-state index in [1.165, 1.54) is 77.3 Å². The van der Waals surface area contributed by atoms with E-state index in [4.69, 9.17) is 4.74 Å². The van der Waals surface area contributed by atoms with E-state index in [0.29, 0.717) is 11.5 Å². The lowest BCUT2D eigenvalue weighted by molar-refractivity contribution is -0.0167. The van der Waals surface area contributed by atoms with Crippen molar-refractivity contribution in [3.8, 4) is 0 Å². The molecule has 0 aromatic carbocycles. The second-order valence-electron chi connectivity index (χ2n) is 9.90. The quantitative estimate of drug-likeness (QED) is 0.323. The topological polar surface area (TPSA) is 12.5 Å². The van der Waals surface area contributed by atoms with Crippen molar-refractivity contribution in [3.05, 3.63) is 0 Å². The molecule has 0 radical (unpaired) electrons. The Morgan fingerprint density at radius 1 is 0.923 bits per heavy atom. The minimum absolute atomic E-state index is 0.00875. The van der Waals surface area contributed by atoms with E-state index in [-0.39, 0.29) is 5.60 Å². The van der Waals surface area contributed by atoms with Crippen molar-refractivity contribution in [3.63, 3.8) is 0 Å². The standard InChI is InChI=1S/C24H49NO/c1-8-10-12-13-17-24(6,16-11-9-2)22-14-18-25(19-15-22)21(3)20-23(4,5)26-7/h21-22H,8-20H2,1-7H3. The molecule has 26 heavy (non-hydrogen) atoms. The van der Waals surface area contributed by atoms with Crippen molar-refractivity contribution >= 4 is 0 Å². The zero-order chi connectivity index (χ0) is 19.6. The van der Waals surface area contributed by atoms with Gasteiger partial charge in [0.15, 0.2) is 0 Å². The number of hydrogen-bond donors (Lipinski definition) is 0. The van der Waals surface area contributed by atoms with Crippen molar-refractivity contribution in [1.82, 2.24) is 4.90 Å². The van der Waals surface area contributed by atoms with E-state index >= 15 is 0 Å². The van der Waals surface area contributed by atoms with E-state index < -0.39 is 0 Å². The highest BCUT2D eigenvalue weighted by Crippen LogP contribution is 2.44. The Morgan fingerprint density at radius 3 is 2.04 bits per heavy atom. The molecule has 2 nitrogen and oxygen atoms in total. The summed E-state index contributed by atoms with van der Waals surface area (Å²) in [4.78, 5) is 2.72. The SMILES string of the molecule is CCCCCCC(C)(CCCC)C1CCN(C(C)CC(C)(C)OC)CC1. The molecular weight excluding hydrogens is 318 g/mol. The third-order valence-electron chi connectivity index (χ3n) is 7.18. The fourth-order valence-corrected chi connectivity index (χ4v) is 5.03. The van der Waals surface area contributed by atoms with Crippen LogP contribution in [0.25, 0.3) is 0 Å². The molecular formula is C24H49NO. The summed E-state index contributed by atoms with van der Waals surface area (Å²) in [6, 6.07) is 0.623. The molecule has 156 valence electrons. The maximum Gasteiger partial charge on any atom is 0.0637 e. The normalized spacial score (nSPS) is 20.9. The van der Waals surface area contributed by atoms with Crippen LogP contribution in [0.2, 0.25) is 0 Å². The third-order valence-corrected chi connectivity index (χ3v) is 7.18. The van der Waals surface area contributed by atoms with E-state index in [1.54, 1.807) is 0 Å². The number of piperidine rings is 1. The smallest absolute Gasteiger partial charge is 0.0637 e. The molecule has 0 aromatic heterocycles. The predicted octanol–water partition coefficient (Wildman–Crippen LogP) is 7.07. The zero-order valence-electron chi connectivity index (χ0n) is 19.2. The number of nitrogens with zero attached hydrogens (tertiary/aromatic N) is 1. The lowest BCUT2D eigenvalue weighted by Gasteiger charge is -2.45.